The molecule has 0 saturated heterocycles. The lowest BCUT2D eigenvalue weighted by atomic mass is 10.0. The van der Waals surface area contributed by atoms with Gasteiger partial charge in [0.25, 0.3) is 0 Å². The average Bonchev–Trinajstić information content (AvgIpc) is 3.38. The molecule has 0 heterocycles. The molecule has 72 heavy (non-hydrogen) atoms. The molecule has 0 radical (unpaired) electrons. The summed E-state index contributed by atoms with van der Waals surface area (Å²) >= 11 is 0. The predicted octanol–water partition coefficient (Wildman–Crippen LogP) is 20.9. The largest absolute Gasteiger partial charge is 0.462 e. The van der Waals surface area contributed by atoms with Crippen LogP contribution in [0.4, 0.5) is 0 Å². The van der Waals surface area contributed by atoms with Crippen molar-refractivity contribution in [2.24, 2.45) is 0 Å². The highest BCUT2D eigenvalue weighted by Crippen LogP contribution is 2.17. The summed E-state index contributed by atoms with van der Waals surface area (Å²) in [5.74, 6) is -0.978. The molecular weight excluding hydrogens is 889 g/mol. The van der Waals surface area contributed by atoms with E-state index >= 15 is 0 Å². The van der Waals surface area contributed by atoms with Crippen molar-refractivity contribution in [3.8, 4) is 0 Å². The molecule has 0 aromatic carbocycles. The van der Waals surface area contributed by atoms with Crippen LogP contribution in [0.3, 0.4) is 0 Å². The number of hydrogen-bond acceptors (Lipinski definition) is 6. The van der Waals surface area contributed by atoms with E-state index in [0.717, 1.165) is 77.0 Å². The van der Waals surface area contributed by atoms with Gasteiger partial charge < -0.3 is 14.2 Å². The highest BCUT2D eigenvalue weighted by Gasteiger charge is 2.19. The first-order valence-corrected chi connectivity index (χ1v) is 30.9. The number of allylic oxidation sites excluding steroid dienone is 12. The van der Waals surface area contributed by atoms with Crippen LogP contribution in [0.15, 0.2) is 72.9 Å². The Labute approximate surface area is 446 Å². The quantitative estimate of drug-likeness (QED) is 0.0261. The zero-order valence-corrected chi connectivity index (χ0v) is 47.7. The average molecular weight is 1010 g/mol. The molecule has 0 aliphatic rings. The zero-order valence-electron chi connectivity index (χ0n) is 47.7. The SMILES string of the molecule is CC/C=C\C/C=C\C/C=C\C/C=C\CCC(=O)OCC(COC(=O)CCCCCCCCCCCCCCCCCCCCCCCCC)OC(=O)CCCCCCCCC/C=C\C/C=C\CCCCCC. The molecule has 6 heteroatoms. The van der Waals surface area contributed by atoms with Crippen LogP contribution in [0.25, 0.3) is 0 Å². The molecule has 0 spiro atoms. The second-order valence-corrected chi connectivity index (χ2v) is 20.6. The fourth-order valence-electron chi connectivity index (χ4n) is 8.84. The standard InChI is InChI=1S/C66H116O6/c1-4-7-10-13-16-19-22-25-27-29-31-32-33-34-35-37-38-41-44-47-50-53-56-59-65(68)71-62-63(61-70-64(67)58-55-52-49-46-43-40-24-21-18-15-12-9-6-3)72-66(69)60-57-54-51-48-45-42-39-36-30-28-26-23-20-17-14-11-8-5-2/h9,12,18,20-21,23,28,30,40,43,49,52,63H,4-8,10-11,13-17,19,22,24-27,29,31-39,41-42,44-48,50-51,53-62H2,1-3H3/b12-9-,21-18-,23-20-,30-28-,43-40-,52-49-. The highest BCUT2D eigenvalue weighted by molar-refractivity contribution is 5.71. The molecule has 6 nitrogen and oxygen atoms in total. The molecule has 0 aliphatic carbocycles. The Bertz CT molecular complexity index is 1340. The number of unbranched alkanes of at least 4 members (excludes halogenated alkanes) is 33. The van der Waals surface area contributed by atoms with Gasteiger partial charge in [0.1, 0.15) is 13.2 Å². The van der Waals surface area contributed by atoms with E-state index in [2.05, 4.69) is 87.6 Å². The first-order chi connectivity index (χ1) is 35.5. The molecule has 0 aliphatic heterocycles. The van der Waals surface area contributed by atoms with Crippen molar-refractivity contribution in [3.63, 3.8) is 0 Å². The monoisotopic (exact) mass is 1000 g/mol. The highest BCUT2D eigenvalue weighted by atomic mass is 16.6. The smallest absolute Gasteiger partial charge is 0.306 e. The van der Waals surface area contributed by atoms with Crippen molar-refractivity contribution in [3.05, 3.63) is 72.9 Å². The minimum absolute atomic E-state index is 0.0981. The van der Waals surface area contributed by atoms with Crippen LogP contribution in [0.5, 0.6) is 0 Å². The van der Waals surface area contributed by atoms with Crippen molar-refractivity contribution < 1.29 is 28.6 Å². The number of ether oxygens (including phenoxy) is 3. The van der Waals surface area contributed by atoms with Gasteiger partial charge >= 0.3 is 17.9 Å². The third-order valence-corrected chi connectivity index (χ3v) is 13.5. The van der Waals surface area contributed by atoms with E-state index in [1.165, 1.54) is 186 Å². The van der Waals surface area contributed by atoms with E-state index in [-0.39, 0.29) is 37.5 Å². The lowest BCUT2D eigenvalue weighted by Gasteiger charge is -2.18. The van der Waals surface area contributed by atoms with E-state index in [0.29, 0.717) is 19.3 Å². The lowest BCUT2D eigenvalue weighted by Crippen LogP contribution is -2.30. The van der Waals surface area contributed by atoms with E-state index in [9.17, 15) is 14.4 Å². The van der Waals surface area contributed by atoms with Crippen LogP contribution in [0.2, 0.25) is 0 Å². The second-order valence-electron chi connectivity index (χ2n) is 20.6. The van der Waals surface area contributed by atoms with Crippen LogP contribution in [0.1, 0.15) is 310 Å². The van der Waals surface area contributed by atoms with Crippen LogP contribution < -0.4 is 0 Å². The Morgan fingerprint density at radius 1 is 0.292 bits per heavy atom. The van der Waals surface area contributed by atoms with Crippen molar-refractivity contribution in [2.75, 3.05) is 13.2 Å². The Balaban J connectivity index is 4.34. The van der Waals surface area contributed by atoms with E-state index in [1.54, 1.807) is 0 Å². The predicted molar refractivity (Wildman–Crippen MR) is 311 cm³/mol. The van der Waals surface area contributed by atoms with Crippen LogP contribution in [0, 0.1) is 0 Å². The van der Waals surface area contributed by atoms with Gasteiger partial charge in [0.2, 0.25) is 0 Å². The summed E-state index contributed by atoms with van der Waals surface area (Å²) in [6.07, 6.45) is 77.8. The van der Waals surface area contributed by atoms with Crippen LogP contribution >= 0.6 is 0 Å². The first-order valence-electron chi connectivity index (χ1n) is 30.9. The molecule has 0 rings (SSSR count). The van der Waals surface area contributed by atoms with Gasteiger partial charge in [0, 0.05) is 19.3 Å². The van der Waals surface area contributed by atoms with Gasteiger partial charge in [-0.05, 0) is 77.0 Å². The lowest BCUT2D eigenvalue weighted by molar-refractivity contribution is -0.166. The van der Waals surface area contributed by atoms with Crippen molar-refractivity contribution >= 4 is 17.9 Å². The number of rotatable bonds is 56. The van der Waals surface area contributed by atoms with Gasteiger partial charge in [-0.15, -0.1) is 0 Å². The van der Waals surface area contributed by atoms with E-state index < -0.39 is 6.10 Å². The maximum Gasteiger partial charge on any atom is 0.306 e. The topological polar surface area (TPSA) is 78.9 Å². The molecule has 416 valence electrons. The van der Waals surface area contributed by atoms with E-state index in [4.69, 9.17) is 14.2 Å². The maximum absolute atomic E-state index is 12.9. The molecule has 0 bridgehead atoms. The molecule has 1 atom stereocenters. The first kappa shape index (κ1) is 68.8. The fraction of sp³-hybridized carbons (Fsp3) is 0.773. The Morgan fingerprint density at radius 2 is 0.569 bits per heavy atom. The van der Waals surface area contributed by atoms with Crippen molar-refractivity contribution in [1.29, 1.82) is 0 Å². The van der Waals surface area contributed by atoms with Crippen molar-refractivity contribution in [2.45, 2.75) is 316 Å². The van der Waals surface area contributed by atoms with Gasteiger partial charge in [-0.2, -0.15) is 0 Å². The van der Waals surface area contributed by atoms with E-state index in [1.807, 2.05) is 6.08 Å². The summed E-state index contributed by atoms with van der Waals surface area (Å²) in [6, 6.07) is 0. The van der Waals surface area contributed by atoms with Crippen molar-refractivity contribution in [1.82, 2.24) is 0 Å². The van der Waals surface area contributed by atoms with Gasteiger partial charge in [0.05, 0.1) is 0 Å². The minimum Gasteiger partial charge on any atom is -0.462 e. The molecular formula is C66H116O6. The van der Waals surface area contributed by atoms with Gasteiger partial charge in [-0.1, -0.05) is 286 Å². The molecule has 0 N–H and O–H groups in total. The van der Waals surface area contributed by atoms with Gasteiger partial charge in [-0.25, -0.2) is 0 Å². The molecule has 0 aromatic heterocycles. The molecule has 1 unspecified atom stereocenters. The zero-order chi connectivity index (χ0) is 52.2. The number of carbonyl (C=O) groups is 3. The summed E-state index contributed by atoms with van der Waals surface area (Å²) < 4.78 is 16.8. The summed E-state index contributed by atoms with van der Waals surface area (Å²) in [7, 11) is 0. The van der Waals surface area contributed by atoms with Gasteiger partial charge in [0.15, 0.2) is 6.10 Å². The van der Waals surface area contributed by atoms with Crippen LogP contribution in [-0.2, 0) is 28.6 Å². The van der Waals surface area contributed by atoms with Gasteiger partial charge in [-0.3, -0.25) is 14.4 Å². The Kier molecular flexibility index (Phi) is 57.8. The maximum atomic E-state index is 12.9. The number of esters is 3. The summed E-state index contributed by atoms with van der Waals surface area (Å²) in [6.45, 7) is 6.47. The third kappa shape index (κ3) is 57.7. The van der Waals surface area contributed by atoms with Crippen LogP contribution in [-0.4, -0.2) is 37.2 Å². The summed E-state index contributed by atoms with van der Waals surface area (Å²) in [4.78, 5) is 38.2. The molecule has 0 fully saturated rings. The minimum atomic E-state index is -0.808. The molecule has 0 saturated carbocycles. The molecule has 0 amide bonds. The summed E-state index contributed by atoms with van der Waals surface area (Å²) in [5.41, 5.74) is 0. The summed E-state index contributed by atoms with van der Waals surface area (Å²) in [5, 5.41) is 0. The Morgan fingerprint density at radius 3 is 0.944 bits per heavy atom. The third-order valence-electron chi connectivity index (χ3n) is 13.5. The fourth-order valence-corrected chi connectivity index (χ4v) is 8.84. The Hall–Kier alpha value is -3.15. The normalized spacial score (nSPS) is 12.5. The second kappa shape index (κ2) is 60.4. The number of hydrogen-bond donors (Lipinski definition) is 0. The molecule has 0 aromatic rings. The number of carbonyl (C=O) groups excluding carboxylic acids is 3.